The summed E-state index contributed by atoms with van der Waals surface area (Å²) in [6.45, 7) is -1.05. The highest BCUT2D eigenvalue weighted by Gasteiger charge is 2.27. The van der Waals surface area contributed by atoms with Crippen molar-refractivity contribution in [2.75, 3.05) is 6.61 Å². The first kappa shape index (κ1) is 17.0. The standard InChI is InChI=1S/C16H15F3N2O2/c17-16(18,19)11-23-10-13-3-1-12(2-4-13)9-21-15(22)14-5-7-20-8-6-14/h1-8H,9-11H2,(H,21,22). The van der Waals surface area contributed by atoms with Crippen LogP contribution in [0.5, 0.6) is 0 Å². The molecule has 122 valence electrons. The predicted molar refractivity (Wildman–Crippen MR) is 77.6 cm³/mol. The highest BCUT2D eigenvalue weighted by Crippen LogP contribution is 2.15. The van der Waals surface area contributed by atoms with E-state index in [0.717, 1.165) is 5.56 Å². The van der Waals surface area contributed by atoms with Crippen LogP contribution in [0, 0.1) is 0 Å². The largest absolute Gasteiger partial charge is 0.411 e. The molecule has 2 aromatic rings. The van der Waals surface area contributed by atoms with Gasteiger partial charge in [0.2, 0.25) is 0 Å². The van der Waals surface area contributed by atoms with Crippen molar-refractivity contribution in [1.82, 2.24) is 10.3 Å². The van der Waals surface area contributed by atoms with Gasteiger partial charge >= 0.3 is 6.18 Å². The van der Waals surface area contributed by atoms with Crippen LogP contribution in [0.3, 0.4) is 0 Å². The van der Waals surface area contributed by atoms with E-state index in [1.165, 1.54) is 12.4 Å². The molecule has 0 spiro atoms. The van der Waals surface area contributed by atoms with Crippen LogP contribution >= 0.6 is 0 Å². The highest BCUT2D eigenvalue weighted by atomic mass is 19.4. The molecule has 1 heterocycles. The van der Waals surface area contributed by atoms with Gasteiger partial charge in [-0.05, 0) is 23.3 Å². The lowest BCUT2D eigenvalue weighted by Crippen LogP contribution is -2.22. The summed E-state index contributed by atoms with van der Waals surface area (Å²) >= 11 is 0. The Morgan fingerprint density at radius 2 is 1.65 bits per heavy atom. The third-order valence-corrected chi connectivity index (χ3v) is 2.95. The van der Waals surface area contributed by atoms with E-state index < -0.39 is 12.8 Å². The van der Waals surface area contributed by atoms with Crippen LogP contribution in [0.15, 0.2) is 48.8 Å². The molecule has 2 rings (SSSR count). The lowest BCUT2D eigenvalue weighted by molar-refractivity contribution is -0.176. The van der Waals surface area contributed by atoms with Gasteiger partial charge in [0.05, 0.1) is 6.61 Å². The molecule has 1 N–H and O–H groups in total. The lowest BCUT2D eigenvalue weighted by atomic mass is 10.1. The lowest BCUT2D eigenvalue weighted by Gasteiger charge is -2.09. The van der Waals surface area contributed by atoms with Gasteiger partial charge in [0.15, 0.2) is 0 Å². The summed E-state index contributed by atoms with van der Waals surface area (Å²) in [6.07, 6.45) is -1.26. The zero-order chi connectivity index (χ0) is 16.7. The molecule has 0 bridgehead atoms. The van der Waals surface area contributed by atoms with Gasteiger partial charge in [0, 0.05) is 24.5 Å². The quantitative estimate of drug-likeness (QED) is 0.888. The van der Waals surface area contributed by atoms with Crippen molar-refractivity contribution < 1.29 is 22.7 Å². The van der Waals surface area contributed by atoms with Crippen LogP contribution in [0.1, 0.15) is 21.5 Å². The second kappa shape index (κ2) is 7.73. The maximum Gasteiger partial charge on any atom is 0.411 e. The van der Waals surface area contributed by atoms with Crippen molar-refractivity contribution in [2.24, 2.45) is 0 Å². The van der Waals surface area contributed by atoms with Gasteiger partial charge in [-0.3, -0.25) is 9.78 Å². The number of pyridine rings is 1. The van der Waals surface area contributed by atoms with Gasteiger partial charge in [-0.1, -0.05) is 24.3 Å². The van der Waals surface area contributed by atoms with E-state index in [-0.39, 0.29) is 12.5 Å². The molecule has 0 fully saturated rings. The van der Waals surface area contributed by atoms with Crippen molar-refractivity contribution in [3.8, 4) is 0 Å². The minimum atomic E-state index is -4.32. The number of halogens is 3. The topological polar surface area (TPSA) is 51.2 Å². The molecule has 0 atom stereocenters. The van der Waals surface area contributed by atoms with Gasteiger partial charge < -0.3 is 10.1 Å². The molecule has 0 aliphatic heterocycles. The SMILES string of the molecule is O=C(NCc1ccc(COCC(F)(F)F)cc1)c1ccncc1. The average molecular weight is 324 g/mol. The summed E-state index contributed by atoms with van der Waals surface area (Å²) in [5.41, 5.74) is 1.99. The van der Waals surface area contributed by atoms with E-state index in [0.29, 0.717) is 17.7 Å². The van der Waals surface area contributed by atoms with E-state index in [2.05, 4.69) is 15.0 Å². The van der Waals surface area contributed by atoms with E-state index in [1.54, 1.807) is 36.4 Å². The monoisotopic (exact) mass is 324 g/mol. The first-order valence-electron chi connectivity index (χ1n) is 6.84. The smallest absolute Gasteiger partial charge is 0.367 e. The first-order chi connectivity index (χ1) is 10.9. The summed E-state index contributed by atoms with van der Waals surface area (Å²) < 4.78 is 40.5. The fraction of sp³-hybridized carbons (Fsp3) is 0.250. The van der Waals surface area contributed by atoms with Crippen LogP contribution < -0.4 is 5.32 Å². The van der Waals surface area contributed by atoms with Gasteiger partial charge in [-0.2, -0.15) is 13.2 Å². The Labute approximate surface area is 131 Å². The average Bonchev–Trinajstić information content (AvgIpc) is 2.53. The molecule has 0 saturated heterocycles. The summed E-state index contributed by atoms with van der Waals surface area (Å²) in [5.74, 6) is -0.218. The Hall–Kier alpha value is -2.41. The van der Waals surface area contributed by atoms with E-state index >= 15 is 0 Å². The molecule has 0 aliphatic rings. The van der Waals surface area contributed by atoms with Crippen molar-refractivity contribution in [1.29, 1.82) is 0 Å². The Kier molecular flexibility index (Phi) is 5.70. The molecule has 1 aromatic carbocycles. The molecule has 0 unspecified atom stereocenters. The molecule has 4 nitrogen and oxygen atoms in total. The van der Waals surface area contributed by atoms with Crippen LogP contribution in [0.25, 0.3) is 0 Å². The predicted octanol–water partition coefficient (Wildman–Crippen LogP) is 3.09. The number of carbonyl (C=O) groups is 1. The third kappa shape index (κ3) is 6.07. The number of nitrogens with zero attached hydrogens (tertiary/aromatic N) is 1. The third-order valence-electron chi connectivity index (χ3n) is 2.95. The molecular weight excluding hydrogens is 309 g/mol. The number of rotatable bonds is 6. The van der Waals surface area contributed by atoms with Crippen LogP contribution in [-0.2, 0) is 17.9 Å². The minimum Gasteiger partial charge on any atom is -0.367 e. The Balaban J connectivity index is 1.80. The molecule has 7 heteroatoms. The van der Waals surface area contributed by atoms with Crippen LogP contribution in [-0.4, -0.2) is 23.7 Å². The number of benzene rings is 1. The zero-order valence-electron chi connectivity index (χ0n) is 12.1. The van der Waals surface area contributed by atoms with Gasteiger partial charge in [0.25, 0.3) is 5.91 Å². The molecule has 0 saturated carbocycles. The Bertz CT molecular complexity index is 628. The Morgan fingerprint density at radius 3 is 2.26 bits per heavy atom. The van der Waals surface area contributed by atoms with Gasteiger partial charge in [-0.15, -0.1) is 0 Å². The Morgan fingerprint density at radius 1 is 1.04 bits per heavy atom. The highest BCUT2D eigenvalue weighted by molar-refractivity contribution is 5.93. The summed E-state index contributed by atoms with van der Waals surface area (Å²) in [7, 11) is 0. The van der Waals surface area contributed by atoms with Crippen molar-refractivity contribution >= 4 is 5.91 Å². The number of carbonyl (C=O) groups excluding carboxylic acids is 1. The van der Waals surface area contributed by atoms with Gasteiger partial charge in [-0.25, -0.2) is 0 Å². The normalized spacial score (nSPS) is 11.3. The van der Waals surface area contributed by atoms with Crippen LogP contribution in [0.4, 0.5) is 13.2 Å². The number of aromatic nitrogens is 1. The molecule has 1 aromatic heterocycles. The van der Waals surface area contributed by atoms with E-state index in [9.17, 15) is 18.0 Å². The number of amides is 1. The molecule has 23 heavy (non-hydrogen) atoms. The zero-order valence-corrected chi connectivity index (χ0v) is 12.1. The molecule has 0 aliphatic carbocycles. The molecular formula is C16H15F3N2O2. The second-order valence-corrected chi connectivity index (χ2v) is 4.84. The van der Waals surface area contributed by atoms with E-state index in [1.807, 2.05) is 0 Å². The molecule has 1 amide bonds. The van der Waals surface area contributed by atoms with Crippen molar-refractivity contribution in [3.63, 3.8) is 0 Å². The van der Waals surface area contributed by atoms with E-state index in [4.69, 9.17) is 0 Å². The number of ether oxygens (including phenoxy) is 1. The first-order valence-corrected chi connectivity index (χ1v) is 6.84. The fourth-order valence-corrected chi connectivity index (χ4v) is 1.83. The second-order valence-electron chi connectivity index (χ2n) is 4.84. The van der Waals surface area contributed by atoms with Crippen LogP contribution in [0.2, 0.25) is 0 Å². The summed E-state index contributed by atoms with van der Waals surface area (Å²) in [5, 5.41) is 2.75. The fourth-order valence-electron chi connectivity index (χ4n) is 1.83. The maximum absolute atomic E-state index is 12.0. The summed E-state index contributed by atoms with van der Waals surface area (Å²) in [6, 6.07) is 10.0. The summed E-state index contributed by atoms with van der Waals surface area (Å²) in [4.78, 5) is 15.7. The van der Waals surface area contributed by atoms with Crippen molar-refractivity contribution in [2.45, 2.75) is 19.3 Å². The number of hydrogen-bond acceptors (Lipinski definition) is 3. The number of alkyl halides is 3. The van der Waals surface area contributed by atoms with Gasteiger partial charge in [0.1, 0.15) is 6.61 Å². The van der Waals surface area contributed by atoms with Crippen molar-refractivity contribution in [3.05, 3.63) is 65.5 Å². The number of hydrogen-bond donors (Lipinski definition) is 1. The minimum absolute atomic E-state index is 0.108. The maximum atomic E-state index is 12.0. The molecule has 0 radical (unpaired) electrons. The number of nitrogens with one attached hydrogen (secondary N) is 1.